The first-order valence-electron chi connectivity index (χ1n) is 7.90. The number of hydrogen-bond acceptors (Lipinski definition) is 3. The highest BCUT2D eigenvalue weighted by Crippen LogP contribution is 2.37. The van der Waals surface area contributed by atoms with Crippen molar-refractivity contribution >= 4 is 0 Å². The molecule has 3 heteroatoms. The van der Waals surface area contributed by atoms with Crippen LogP contribution < -0.4 is 5.32 Å². The van der Waals surface area contributed by atoms with Crippen molar-refractivity contribution in [2.75, 3.05) is 26.4 Å². The lowest BCUT2D eigenvalue weighted by Gasteiger charge is -2.35. The molecule has 108 valence electrons. The van der Waals surface area contributed by atoms with Crippen LogP contribution in [0.3, 0.4) is 0 Å². The highest BCUT2D eigenvalue weighted by molar-refractivity contribution is 5.19. The van der Waals surface area contributed by atoms with E-state index in [0.29, 0.717) is 6.04 Å². The van der Waals surface area contributed by atoms with Crippen LogP contribution in [0.4, 0.5) is 0 Å². The van der Waals surface area contributed by atoms with Gasteiger partial charge in [-0.25, -0.2) is 0 Å². The Bertz CT molecular complexity index is 339. The molecule has 3 fully saturated rings. The van der Waals surface area contributed by atoms with Crippen molar-refractivity contribution in [2.24, 2.45) is 0 Å². The van der Waals surface area contributed by atoms with E-state index in [1.807, 2.05) is 0 Å². The lowest BCUT2D eigenvalue weighted by molar-refractivity contribution is -0.0638. The molecule has 3 aliphatic heterocycles. The zero-order valence-corrected chi connectivity index (χ0v) is 12.2. The second kappa shape index (κ2) is 5.94. The second-order valence-electron chi connectivity index (χ2n) is 6.50. The van der Waals surface area contributed by atoms with Crippen LogP contribution in [0.5, 0.6) is 0 Å². The van der Waals surface area contributed by atoms with Crippen molar-refractivity contribution in [1.82, 2.24) is 5.32 Å². The molecule has 3 aliphatic rings. The van der Waals surface area contributed by atoms with Gasteiger partial charge in [0, 0.05) is 25.5 Å². The topological polar surface area (TPSA) is 30.5 Å². The normalized spacial score (nSPS) is 38.7. The Hall–Kier alpha value is -0.380. The van der Waals surface area contributed by atoms with Crippen LogP contribution in [-0.2, 0) is 9.47 Å². The van der Waals surface area contributed by atoms with Crippen molar-refractivity contribution < 1.29 is 9.47 Å². The summed E-state index contributed by atoms with van der Waals surface area (Å²) in [6.45, 7) is 6.09. The molecule has 19 heavy (non-hydrogen) atoms. The maximum Gasteiger partial charge on any atom is 0.0973 e. The fourth-order valence-corrected chi connectivity index (χ4v) is 3.74. The Morgan fingerprint density at radius 3 is 3.05 bits per heavy atom. The molecule has 3 nitrogen and oxygen atoms in total. The van der Waals surface area contributed by atoms with E-state index in [9.17, 15) is 0 Å². The molecule has 0 aromatic rings. The number of hydrogen-bond donors (Lipinski definition) is 1. The number of nitrogens with one attached hydrogen (secondary N) is 1. The fourth-order valence-electron chi connectivity index (χ4n) is 3.74. The zero-order valence-electron chi connectivity index (χ0n) is 12.2. The van der Waals surface area contributed by atoms with Crippen LogP contribution in [0.15, 0.2) is 11.1 Å². The number of piperidine rings is 1. The molecule has 0 aromatic heterocycles. The molecular formula is C16H27NO2. The quantitative estimate of drug-likeness (QED) is 0.779. The summed E-state index contributed by atoms with van der Waals surface area (Å²) in [5, 5.41) is 3.66. The summed E-state index contributed by atoms with van der Waals surface area (Å²) < 4.78 is 11.6. The van der Waals surface area contributed by atoms with Gasteiger partial charge in [-0.1, -0.05) is 17.6 Å². The van der Waals surface area contributed by atoms with E-state index in [-0.39, 0.29) is 5.60 Å². The van der Waals surface area contributed by atoms with Gasteiger partial charge >= 0.3 is 0 Å². The summed E-state index contributed by atoms with van der Waals surface area (Å²) in [4.78, 5) is 0. The van der Waals surface area contributed by atoms with Crippen molar-refractivity contribution in [3.63, 3.8) is 0 Å². The minimum absolute atomic E-state index is 0.0227. The lowest BCUT2D eigenvalue weighted by atomic mass is 9.85. The Balaban J connectivity index is 1.63. The first-order valence-corrected chi connectivity index (χ1v) is 7.90. The minimum atomic E-state index is 0.0227. The predicted molar refractivity (Wildman–Crippen MR) is 76.3 cm³/mol. The first kappa shape index (κ1) is 13.6. The Morgan fingerprint density at radius 2 is 2.32 bits per heavy atom. The number of ether oxygens (including phenoxy) is 2. The van der Waals surface area contributed by atoms with Crippen LogP contribution in [0.1, 0.15) is 51.9 Å². The summed E-state index contributed by atoms with van der Waals surface area (Å²) in [7, 11) is 0. The average Bonchev–Trinajstić information content (AvgIpc) is 2.88. The van der Waals surface area contributed by atoms with Gasteiger partial charge in [0.25, 0.3) is 0 Å². The average molecular weight is 265 g/mol. The molecule has 1 spiro atoms. The van der Waals surface area contributed by atoms with Gasteiger partial charge in [0.1, 0.15) is 0 Å². The Kier molecular flexibility index (Phi) is 4.25. The van der Waals surface area contributed by atoms with E-state index in [0.717, 1.165) is 39.1 Å². The summed E-state index contributed by atoms with van der Waals surface area (Å²) >= 11 is 0. The van der Waals surface area contributed by atoms with Crippen LogP contribution in [0, 0.1) is 0 Å². The molecule has 3 saturated heterocycles. The maximum absolute atomic E-state index is 6.02. The smallest absolute Gasteiger partial charge is 0.0973 e. The largest absolute Gasteiger partial charge is 0.378 e. The summed E-state index contributed by atoms with van der Waals surface area (Å²) in [5.74, 6) is 0. The molecule has 0 aromatic carbocycles. The molecule has 1 N–H and O–H groups in total. The van der Waals surface area contributed by atoms with Crippen LogP contribution in [0.2, 0.25) is 0 Å². The maximum atomic E-state index is 6.02. The molecule has 3 rings (SSSR count). The molecule has 3 heterocycles. The van der Waals surface area contributed by atoms with Gasteiger partial charge in [0.05, 0.1) is 18.8 Å². The van der Waals surface area contributed by atoms with Gasteiger partial charge in [0.15, 0.2) is 0 Å². The van der Waals surface area contributed by atoms with E-state index >= 15 is 0 Å². The van der Waals surface area contributed by atoms with Crippen molar-refractivity contribution in [3.8, 4) is 0 Å². The van der Waals surface area contributed by atoms with Gasteiger partial charge in [-0.05, 0) is 39.2 Å². The molecule has 0 bridgehead atoms. The standard InChI is InChI=1S/C16H27NO2/c1-13(10-15-4-2-3-7-17-15)14-5-8-19-16(11-14)6-9-18-12-16/h15,17H,2-12H2,1H3. The highest BCUT2D eigenvalue weighted by atomic mass is 16.6. The van der Waals surface area contributed by atoms with Gasteiger partial charge in [-0.15, -0.1) is 0 Å². The van der Waals surface area contributed by atoms with Gasteiger partial charge < -0.3 is 14.8 Å². The third kappa shape index (κ3) is 3.21. The lowest BCUT2D eigenvalue weighted by Crippen LogP contribution is -2.38. The fraction of sp³-hybridized carbons (Fsp3) is 0.875. The predicted octanol–water partition coefficient (Wildman–Crippen LogP) is 2.80. The van der Waals surface area contributed by atoms with Crippen molar-refractivity contribution in [1.29, 1.82) is 0 Å². The molecular weight excluding hydrogens is 238 g/mol. The summed E-state index contributed by atoms with van der Waals surface area (Å²) in [5.41, 5.74) is 3.27. The summed E-state index contributed by atoms with van der Waals surface area (Å²) in [6.07, 6.45) is 8.61. The minimum Gasteiger partial charge on any atom is -0.378 e. The molecule has 0 amide bonds. The number of rotatable bonds is 2. The van der Waals surface area contributed by atoms with E-state index in [2.05, 4.69) is 12.2 Å². The van der Waals surface area contributed by atoms with Crippen LogP contribution in [0.25, 0.3) is 0 Å². The van der Waals surface area contributed by atoms with Gasteiger partial charge in [-0.2, -0.15) is 0 Å². The molecule has 2 unspecified atom stereocenters. The van der Waals surface area contributed by atoms with Crippen molar-refractivity contribution in [2.45, 2.75) is 63.5 Å². The van der Waals surface area contributed by atoms with E-state index in [1.54, 1.807) is 11.1 Å². The van der Waals surface area contributed by atoms with Gasteiger partial charge in [0.2, 0.25) is 0 Å². The molecule has 0 radical (unpaired) electrons. The first-order chi connectivity index (χ1) is 9.27. The van der Waals surface area contributed by atoms with Crippen LogP contribution in [-0.4, -0.2) is 38.0 Å². The van der Waals surface area contributed by atoms with E-state index in [1.165, 1.54) is 32.2 Å². The van der Waals surface area contributed by atoms with E-state index in [4.69, 9.17) is 9.47 Å². The zero-order chi connectivity index (χ0) is 13.1. The van der Waals surface area contributed by atoms with Crippen molar-refractivity contribution in [3.05, 3.63) is 11.1 Å². The molecule has 0 aliphatic carbocycles. The Labute approximate surface area is 116 Å². The Morgan fingerprint density at radius 1 is 1.37 bits per heavy atom. The van der Waals surface area contributed by atoms with Gasteiger partial charge in [-0.3, -0.25) is 0 Å². The highest BCUT2D eigenvalue weighted by Gasteiger charge is 2.39. The molecule has 2 atom stereocenters. The van der Waals surface area contributed by atoms with Crippen LogP contribution >= 0.6 is 0 Å². The molecule has 0 saturated carbocycles. The van der Waals surface area contributed by atoms with E-state index < -0.39 is 0 Å². The summed E-state index contributed by atoms with van der Waals surface area (Å²) in [6, 6.07) is 0.708. The SMILES string of the molecule is CC(CC1CCCCN1)=C1CCOC2(CCOC2)C1. The monoisotopic (exact) mass is 265 g/mol. The third-order valence-electron chi connectivity index (χ3n) is 4.98. The second-order valence-corrected chi connectivity index (χ2v) is 6.50. The third-order valence-corrected chi connectivity index (χ3v) is 4.98.